The third-order valence-electron chi connectivity index (χ3n) is 4.52. The minimum Gasteiger partial charge on any atom is -0.490 e. The molecule has 0 radical (unpaired) electrons. The first-order valence-electron chi connectivity index (χ1n) is 9.67. The molecule has 0 aliphatic carbocycles. The number of carbonyl (C=O) groups is 1. The fourth-order valence-electron chi connectivity index (χ4n) is 2.90. The van der Waals surface area contributed by atoms with E-state index < -0.39 is 5.97 Å². The maximum Gasteiger partial charge on any atom is 0.337 e. The summed E-state index contributed by atoms with van der Waals surface area (Å²) < 4.78 is 11.7. The highest BCUT2D eigenvalue weighted by molar-refractivity contribution is 6.33. The van der Waals surface area contributed by atoms with E-state index in [0.717, 1.165) is 16.8 Å². The highest BCUT2D eigenvalue weighted by atomic mass is 35.5. The van der Waals surface area contributed by atoms with Gasteiger partial charge in [-0.05, 0) is 55.3 Å². The third-order valence-corrected chi connectivity index (χ3v) is 4.83. The molecule has 3 aromatic rings. The second-order valence-corrected chi connectivity index (χ2v) is 7.25. The van der Waals surface area contributed by atoms with Crippen molar-refractivity contribution in [1.29, 1.82) is 0 Å². The lowest BCUT2D eigenvalue weighted by atomic mass is 10.1. The van der Waals surface area contributed by atoms with Gasteiger partial charge in [-0.15, -0.1) is 0 Å². The number of nitrogens with one attached hydrogen (secondary N) is 1. The Labute approximate surface area is 181 Å². The molecule has 0 saturated carbocycles. The maximum atomic E-state index is 11.1. The quantitative estimate of drug-likeness (QED) is 0.444. The van der Waals surface area contributed by atoms with Crippen molar-refractivity contribution in [3.63, 3.8) is 0 Å². The zero-order valence-electron chi connectivity index (χ0n) is 16.9. The summed E-state index contributed by atoms with van der Waals surface area (Å²) in [5, 5.41) is 12.5. The van der Waals surface area contributed by atoms with Gasteiger partial charge >= 0.3 is 5.97 Å². The van der Waals surface area contributed by atoms with Crippen molar-refractivity contribution < 1.29 is 19.4 Å². The number of hydrogen-bond acceptors (Lipinski definition) is 4. The lowest BCUT2D eigenvalue weighted by Crippen LogP contribution is -2.04. The summed E-state index contributed by atoms with van der Waals surface area (Å²) >= 11 is 6.03. The number of carboxylic acids is 1. The standard InChI is InChI=1S/C24H24ClNO4/c1-3-29-23-12-18(14-26-19-9-10-20(24(27)28)21(25)13-19)8-11-22(23)30-15-17-6-4-16(2)5-7-17/h4-13,26H,3,14-15H2,1-2H3,(H,27,28). The average molecular weight is 426 g/mol. The summed E-state index contributed by atoms with van der Waals surface area (Å²) in [4.78, 5) is 11.1. The van der Waals surface area contributed by atoms with Crippen molar-refractivity contribution >= 4 is 23.3 Å². The molecule has 0 unspecified atom stereocenters. The smallest absolute Gasteiger partial charge is 0.337 e. The summed E-state index contributed by atoms with van der Waals surface area (Å²) in [5.74, 6) is 0.326. The highest BCUT2D eigenvalue weighted by Crippen LogP contribution is 2.30. The van der Waals surface area contributed by atoms with Gasteiger partial charge in [0, 0.05) is 12.2 Å². The van der Waals surface area contributed by atoms with Gasteiger partial charge in [0.1, 0.15) is 6.61 Å². The molecular weight excluding hydrogens is 402 g/mol. The molecule has 0 aromatic heterocycles. The minimum atomic E-state index is -1.05. The van der Waals surface area contributed by atoms with E-state index in [9.17, 15) is 4.79 Å². The fraction of sp³-hybridized carbons (Fsp3) is 0.208. The minimum absolute atomic E-state index is 0.0796. The van der Waals surface area contributed by atoms with Crippen LogP contribution in [0.4, 0.5) is 5.69 Å². The first-order chi connectivity index (χ1) is 14.5. The van der Waals surface area contributed by atoms with Crippen molar-refractivity contribution in [2.45, 2.75) is 27.0 Å². The van der Waals surface area contributed by atoms with Gasteiger partial charge in [-0.25, -0.2) is 4.79 Å². The van der Waals surface area contributed by atoms with Gasteiger partial charge in [0.05, 0.1) is 17.2 Å². The monoisotopic (exact) mass is 425 g/mol. The van der Waals surface area contributed by atoms with Gasteiger partial charge < -0.3 is 19.9 Å². The van der Waals surface area contributed by atoms with Crippen molar-refractivity contribution in [2.24, 2.45) is 0 Å². The first-order valence-corrected chi connectivity index (χ1v) is 10.0. The number of benzene rings is 3. The van der Waals surface area contributed by atoms with Crippen LogP contribution in [0.3, 0.4) is 0 Å². The zero-order valence-corrected chi connectivity index (χ0v) is 17.7. The second-order valence-electron chi connectivity index (χ2n) is 6.84. The summed E-state index contributed by atoms with van der Waals surface area (Å²) in [6.45, 7) is 5.51. The van der Waals surface area contributed by atoms with Crippen LogP contribution < -0.4 is 14.8 Å². The molecule has 0 amide bonds. The molecule has 0 saturated heterocycles. The number of rotatable bonds is 9. The molecule has 5 nitrogen and oxygen atoms in total. The molecular formula is C24H24ClNO4. The van der Waals surface area contributed by atoms with E-state index in [1.54, 1.807) is 12.1 Å². The molecule has 0 aliphatic rings. The van der Waals surface area contributed by atoms with Crippen LogP contribution in [0.2, 0.25) is 5.02 Å². The van der Waals surface area contributed by atoms with Crippen molar-refractivity contribution in [1.82, 2.24) is 0 Å². The van der Waals surface area contributed by atoms with E-state index in [1.165, 1.54) is 11.6 Å². The van der Waals surface area contributed by atoms with Crippen LogP contribution in [0.1, 0.15) is 34.0 Å². The van der Waals surface area contributed by atoms with Crippen LogP contribution in [-0.4, -0.2) is 17.7 Å². The topological polar surface area (TPSA) is 67.8 Å². The lowest BCUT2D eigenvalue weighted by molar-refractivity contribution is 0.0697. The summed E-state index contributed by atoms with van der Waals surface area (Å²) in [5.41, 5.74) is 4.12. The molecule has 2 N–H and O–H groups in total. The predicted molar refractivity (Wildman–Crippen MR) is 119 cm³/mol. The normalized spacial score (nSPS) is 10.5. The number of aromatic carboxylic acids is 1. The Morgan fingerprint density at radius 2 is 1.70 bits per heavy atom. The molecule has 30 heavy (non-hydrogen) atoms. The van der Waals surface area contributed by atoms with Crippen molar-refractivity contribution in [2.75, 3.05) is 11.9 Å². The Bertz CT molecular complexity index is 1020. The molecule has 3 aromatic carbocycles. The second kappa shape index (κ2) is 10.0. The van der Waals surface area contributed by atoms with Crippen LogP contribution in [0.25, 0.3) is 0 Å². The molecule has 0 aliphatic heterocycles. The average Bonchev–Trinajstić information content (AvgIpc) is 2.73. The fourth-order valence-corrected chi connectivity index (χ4v) is 3.16. The molecule has 0 spiro atoms. The van der Waals surface area contributed by atoms with E-state index in [2.05, 4.69) is 36.5 Å². The van der Waals surface area contributed by atoms with Gasteiger partial charge in [0.25, 0.3) is 0 Å². The van der Waals surface area contributed by atoms with Gasteiger partial charge in [-0.1, -0.05) is 47.5 Å². The van der Waals surface area contributed by atoms with Gasteiger partial charge in [-0.3, -0.25) is 0 Å². The van der Waals surface area contributed by atoms with E-state index in [4.69, 9.17) is 26.2 Å². The SMILES string of the molecule is CCOc1cc(CNc2ccc(C(=O)O)c(Cl)c2)ccc1OCc1ccc(C)cc1. The Balaban J connectivity index is 1.67. The number of halogens is 1. The van der Waals surface area contributed by atoms with Gasteiger partial charge in [-0.2, -0.15) is 0 Å². The summed E-state index contributed by atoms with van der Waals surface area (Å²) in [7, 11) is 0. The van der Waals surface area contributed by atoms with Crippen LogP contribution in [0, 0.1) is 6.92 Å². The van der Waals surface area contributed by atoms with Crippen LogP contribution in [0.15, 0.2) is 60.7 Å². The molecule has 156 valence electrons. The number of ether oxygens (including phenoxy) is 2. The number of carboxylic acid groups (broad SMARTS) is 1. The Kier molecular flexibility index (Phi) is 7.20. The maximum absolute atomic E-state index is 11.1. The Hall–Kier alpha value is -3.18. The van der Waals surface area contributed by atoms with E-state index >= 15 is 0 Å². The Morgan fingerprint density at radius 3 is 2.37 bits per heavy atom. The van der Waals surface area contributed by atoms with Gasteiger partial charge in [0.2, 0.25) is 0 Å². The zero-order chi connectivity index (χ0) is 21.5. The third kappa shape index (κ3) is 5.67. The molecule has 6 heteroatoms. The predicted octanol–water partition coefficient (Wildman–Crippen LogP) is 5.94. The van der Waals surface area contributed by atoms with E-state index in [-0.39, 0.29) is 10.6 Å². The number of anilines is 1. The Morgan fingerprint density at radius 1 is 0.967 bits per heavy atom. The highest BCUT2D eigenvalue weighted by Gasteiger charge is 2.10. The van der Waals surface area contributed by atoms with Crippen LogP contribution >= 0.6 is 11.6 Å². The van der Waals surface area contributed by atoms with Crippen LogP contribution in [-0.2, 0) is 13.2 Å². The summed E-state index contributed by atoms with van der Waals surface area (Å²) in [6.07, 6.45) is 0. The van der Waals surface area contributed by atoms with E-state index in [1.807, 2.05) is 25.1 Å². The largest absolute Gasteiger partial charge is 0.490 e. The molecule has 0 atom stereocenters. The number of hydrogen-bond donors (Lipinski definition) is 2. The molecule has 0 bridgehead atoms. The van der Waals surface area contributed by atoms with Crippen molar-refractivity contribution in [3.8, 4) is 11.5 Å². The van der Waals surface area contributed by atoms with Gasteiger partial charge in [0.15, 0.2) is 11.5 Å². The van der Waals surface area contributed by atoms with E-state index in [0.29, 0.717) is 31.3 Å². The molecule has 3 rings (SSSR count). The molecule has 0 heterocycles. The molecule has 0 fully saturated rings. The number of aryl methyl sites for hydroxylation is 1. The first kappa shape index (κ1) is 21.5. The van der Waals surface area contributed by atoms with Crippen molar-refractivity contribution in [3.05, 3.63) is 87.9 Å². The summed E-state index contributed by atoms with van der Waals surface area (Å²) in [6, 6.07) is 18.8. The lowest BCUT2D eigenvalue weighted by Gasteiger charge is -2.14. The van der Waals surface area contributed by atoms with Crippen LogP contribution in [0.5, 0.6) is 11.5 Å².